The molecule has 4 heteroatoms. The minimum absolute atomic E-state index is 0.0602. The first-order valence-electron chi connectivity index (χ1n) is 7.42. The maximum atomic E-state index is 12.2. The lowest BCUT2D eigenvalue weighted by atomic mass is 10.2. The standard InChI is InChI=1S/C19H18N2OS/c1-13-12-18(23-14(13)2)19(22)21-17-10-8-16(9-11-17)20-15-6-4-3-5-7-15/h3-12,20H,1-2H3,(H,21,22). The van der Waals surface area contributed by atoms with Crippen molar-refractivity contribution in [3.8, 4) is 0 Å². The van der Waals surface area contributed by atoms with E-state index in [4.69, 9.17) is 0 Å². The molecule has 116 valence electrons. The minimum atomic E-state index is -0.0602. The van der Waals surface area contributed by atoms with Crippen LogP contribution in [0.5, 0.6) is 0 Å². The summed E-state index contributed by atoms with van der Waals surface area (Å²) in [6.45, 7) is 4.05. The zero-order valence-electron chi connectivity index (χ0n) is 13.1. The predicted molar refractivity (Wildman–Crippen MR) is 97.9 cm³/mol. The second-order valence-corrected chi connectivity index (χ2v) is 6.63. The molecule has 3 aromatic rings. The topological polar surface area (TPSA) is 41.1 Å². The summed E-state index contributed by atoms with van der Waals surface area (Å²) in [6.07, 6.45) is 0. The molecule has 1 heterocycles. The molecule has 0 aliphatic carbocycles. The van der Waals surface area contributed by atoms with Gasteiger partial charge in [0.05, 0.1) is 4.88 Å². The number of benzene rings is 2. The molecule has 0 aliphatic heterocycles. The quantitative estimate of drug-likeness (QED) is 0.679. The van der Waals surface area contributed by atoms with Gasteiger partial charge in [0.1, 0.15) is 0 Å². The highest BCUT2D eigenvalue weighted by molar-refractivity contribution is 7.14. The monoisotopic (exact) mass is 322 g/mol. The summed E-state index contributed by atoms with van der Waals surface area (Å²) >= 11 is 1.52. The van der Waals surface area contributed by atoms with E-state index in [2.05, 4.69) is 10.6 Å². The van der Waals surface area contributed by atoms with Crippen molar-refractivity contribution in [2.24, 2.45) is 0 Å². The molecule has 1 aromatic heterocycles. The Kier molecular flexibility index (Phi) is 4.44. The van der Waals surface area contributed by atoms with E-state index in [1.807, 2.05) is 74.5 Å². The van der Waals surface area contributed by atoms with Crippen LogP contribution < -0.4 is 10.6 Å². The fourth-order valence-corrected chi connectivity index (χ4v) is 3.13. The molecule has 0 atom stereocenters. The lowest BCUT2D eigenvalue weighted by molar-refractivity contribution is 0.103. The third-order valence-corrected chi connectivity index (χ3v) is 4.75. The second kappa shape index (κ2) is 6.67. The van der Waals surface area contributed by atoms with Gasteiger partial charge in [-0.15, -0.1) is 11.3 Å². The third kappa shape index (κ3) is 3.79. The number of amides is 1. The smallest absolute Gasteiger partial charge is 0.265 e. The molecule has 3 rings (SSSR count). The highest BCUT2D eigenvalue weighted by Crippen LogP contribution is 2.23. The number of nitrogens with one attached hydrogen (secondary N) is 2. The minimum Gasteiger partial charge on any atom is -0.356 e. The molecule has 23 heavy (non-hydrogen) atoms. The van der Waals surface area contributed by atoms with E-state index in [0.717, 1.165) is 27.5 Å². The Labute approximate surface area is 140 Å². The summed E-state index contributed by atoms with van der Waals surface area (Å²) in [7, 11) is 0. The lowest BCUT2D eigenvalue weighted by Gasteiger charge is -2.08. The Balaban J connectivity index is 1.66. The fourth-order valence-electron chi connectivity index (χ4n) is 2.20. The molecule has 0 bridgehead atoms. The molecule has 0 aliphatic rings. The Hall–Kier alpha value is -2.59. The molecule has 0 saturated heterocycles. The number of carbonyl (C=O) groups excluding carboxylic acids is 1. The zero-order chi connectivity index (χ0) is 16.2. The van der Waals surface area contributed by atoms with Crippen molar-refractivity contribution in [3.63, 3.8) is 0 Å². The Morgan fingerprint density at radius 1 is 0.870 bits per heavy atom. The number of carbonyl (C=O) groups is 1. The zero-order valence-corrected chi connectivity index (χ0v) is 13.9. The second-order valence-electron chi connectivity index (χ2n) is 5.37. The Morgan fingerprint density at radius 3 is 2.09 bits per heavy atom. The van der Waals surface area contributed by atoms with Crippen LogP contribution in [0.4, 0.5) is 17.1 Å². The van der Waals surface area contributed by atoms with E-state index in [1.165, 1.54) is 16.2 Å². The van der Waals surface area contributed by atoms with E-state index >= 15 is 0 Å². The van der Waals surface area contributed by atoms with Gasteiger partial charge >= 0.3 is 0 Å². The fraction of sp³-hybridized carbons (Fsp3) is 0.105. The van der Waals surface area contributed by atoms with Gasteiger partial charge in [0.25, 0.3) is 5.91 Å². The van der Waals surface area contributed by atoms with Gasteiger partial charge in [0.2, 0.25) is 0 Å². The van der Waals surface area contributed by atoms with E-state index in [1.54, 1.807) is 0 Å². The summed E-state index contributed by atoms with van der Waals surface area (Å²) in [6, 6.07) is 19.6. The average molecular weight is 322 g/mol. The number of rotatable bonds is 4. The highest BCUT2D eigenvalue weighted by Gasteiger charge is 2.10. The number of aryl methyl sites for hydroxylation is 2. The van der Waals surface area contributed by atoms with Crippen molar-refractivity contribution in [2.75, 3.05) is 10.6 Å². The van der Waals surface area contributed by atoms with Crippen LogP contribution in [-0.4, -0.2) is 5.91 Å². The normalized spacial score (nSPS) is 10.3. The average Bonchev–Trinajstić information content (AvgIpc) is 2.90. The molecular weight excluding hydrogens is 304 g/mol. The van der Waals surface area contributed by atoms with Gasteiger partial charge in [-0.1, -0.05) is 18.2 Å². The van der Waals surface area contributed by atoms with Crippen LogP contribution in [0, 0.1) is 13.8 Å². The number of hydrogen-bond acceptors (Lipinski definition) is 3. The van der Waals surface area contributed by atoms with Gasteiger partial charge in [0, 0.05) is 21.9 Å². The predicted octanol–water partition coefficient (Wildman–Crippen LogP) is 5.36. The first kappa shape index (κ1) is 15.3. The number of hydrogen-bond donors (Lipinski definition) is 2. The summed E-state index contributed by atoms with van der Waals surface area (Å²) in [5, 5.41) is 6.25. The van der Waals surface area contributed by atoms with Crippen LogP contribution in [0.25, 0.3) is 0 Å². The van der Waals surface area contributed by atoms with Crippen LogP contribution in [0.2, 0.25) is 0 Å². The first-order chi connectivity index (χ1) is 11.1. The Bertz CT molecular complexity index is 788. The van der Waals surface area contributed by atoms with Gasteiger partial charge in [-0.05, 0) is 61.9 Å². The number of para-hydroxylation sites is 1. The maximum absolute atomic E-state index is 12.2. The van der Waals surface area contributed by atoms with Crippen LogP contribution >= 0.6 is 11.3 Å². The molecule has 1 amide bonds. The molecule has 0 saturated carbocycles. The number of thiophene rings is 1. The summed E-state index contributed by atoms with van der Waals surface area (Å²) < 4.78 is 0. The van der Waals surface area contributed by atoms with Crippen molar-refractivity contribution in [2.45, 2.75) is 13.8 Å². The van der Waals surface area contributed by atoms with Gasteiger partial charge in [-0.2, -0.15) is 0 Å². The van der Waals surface area contributed by atoms with Crippen molar-refractivity contribution in [1.82, 2.24) is 0 Å². The first-order valence-corrected chi connectivity index (χ1v) is 8.24. The molecule has 2 N–H and O–H groups in total. The molecule has 0 fully saturated rings. The third-order valence-electron chi connectivity index (χ3n) is 3.60. The Morgan fingerprint density at radius 2 is 1.48 bits per heavy atom. The van der Waals surface area contributed by atoms with Gasteiger partial charge in [0.15, 0.2) is 0 Å². The van der Waals surface area contributed by atoms with Crippen LogP contribution in [-0.2, 0) is 0 Å². The molecule has 3 nitrogen and oxygen atoms in total. The van der Waals surface area contributed by atoms with Crippen molar-refractivity contribution < 1.29 is 4.79 Å². The van der Waals surface area contributed by atoms with E-state index < -0.39 is 0 Å². The van der Waals surface area contributed by atoms with Crippen LogP contribution in [0.1, 0.15) is 20.1 Å². The summed E-state index contributed by atoms with van der Waals surface area (Å²) in [4.78, 5) is 14.2. The van der Waals surface area contributed by atoms with E-state index in [0.29, 0.717) is 0 Å². The molecule has 0 radical (unpaired) electrons. The van der Waals surface area contributed by atoms with Crippen molar-refractivity contribution in [1.29, 1.82) is 0 Å². The lowest BCUT2D eigenvalue weighted by Crippen LogP contribution is -2.09. The highest BCUT2D eigenvalue weighted by atomic mass is 32.1. The van der Waals surface area contributed by atoms with E-state index in [-0.39, 0.29) is 5.91 Å². The van der Waals surface area contributed by atoms with Gasteiger partial charge < -0.3 is 10.6 Å². The largest absolute Gasteiger partial charge is 0.356 e. The molecular formula is C19H18N2OS. The van der Waals surface area contributed by atoms with Crippen LogP contribution in [0.15, 0.2) is 60.7 Å². The van der Waals surface area contributed by atoms with Crippen molar-refractivity contribution >= 4 is 34.3 Å². The summed E-state index contributed by atoms with van der Waals surface area (Å²) in [5.41, 5.74) is 3.96. The van der Waals surface area contributed by atoms with Crippen molar-refractivity contribution in [3.05, 3.63) is 76.0 Å². The van der Waals surface area contributed by atoms with E-state index in [9.17, 15) is 4.79 Å². The molecule has 2 aromatic carbocycles. The SMILES string of the molecule is Cc1cc(C(=O)Nc2ccc(Nc3ccccc3)cc2)sc1C. The number of anilines is 3. The molecule has 0 spiro atoms. The van der Waals surface area contributed by atoms with Gasteiger partial charge in [-0.25, -0.2) is 0 Å². The van der Waals surface area contributed by atoms with Gasteiger partial charge in [-0.3, -0.25) is 4.79 Å². The summed E-state index contributed by atoms with van der Waals surface area (Å²) in [5.74, 6) is -0.0602. The molecule has 0 unspecified atom stereocenters. The van der Waals surface area contributed by atoms with Crippen LogP contribution in [0.3, 0.4) is 0 Å². The maximum Gasteiger partial charge on any atom is 0.265 e.